The maximum Gasteiger partial charge on any atom is 0.737 e. The molecule has 6 aromatic rings. The molecule has 0 saturated heterocycles. The van der Waals surface area contributed by atoms with Crippen LogP contribution < -0.4 is 31.3 Å². The molecule has 4 heterocycles. The van der Waals surface area contributed by atoms with Crippen molar-refractivity contribution in [1.82, 2.24) is 35.4 Å². The van der Waals surface area contributed by atoms with Crippen molar-refractivity contribution in [1.29, 1.82) is 0 Å². The number of amides is 3. The Morgan fingerprint density at radius 3 is 2.26 bits per heavy atom. The van der Waals surface area contributed by atoms with Gasteiger partial charge in [0.15, 0.2) is 28.9 Å². The molecule has 0 aliphatic carbocycles. The molecule has 0 bridgehead atoms. The number of nitrogens with one attached hydrogen (secondary N) is 3. The van der Waals surface area contributed by atoms with Crippen molar-refractivity contribution >= 4 is 59.3 Å². The molecular formula is C54H57BF4N12O5. The van der Waals surface area contributed by atoms with E-state index in [9.17, 15) is 19.2 Å². The van der Waals surface area contributed by atoms with E-state index in [0.29, 0.717) is 70.5 Å². The van der Waals surface area contributed by atoms with Crippen LogP contribution in [0.5, 0.6) is 5.75 Å². The van der Waals surface area contributed by atoms with Crippen molar-refractivity contribution < 1.29 is 45.8 Å². The van der Waals surface area contributed by atoms with Crippen LogP contribution in [0.1, 0.15) is 81.0 Å². The third kappa shape index (κ3) is 12.7. The second-order valence-electron chi connectivity index (χ2n) is 18.7. The number of aromatic nitrogens is 4. The van der Waals surface area contributed by atoms with Crippen LogP contribution in [0.3, 0.4) is 0 Å². The number of anilines is 1. The minimum atomic E-state index is -4.15. The number of hydrogen-bond acceptors (Lipinski definition) is 11. The molecule has 0 fully saturated rings. The first-order chi connectivity index (χ1) is 36.5. The maximum absolute atomic E-state index is 15.8. The van der Waals surface area contributed by atoms with Crippen LogP contribution in [-0.4, -0.2) is 100.0 Å². The minimum Gasteiger partial charge on any atom is -0.480 e. The highest BCUT2D eigenvalue weighted by Crippen LogP contribution is 2.35. The highest BCUT2D eigenvalue weighted by Gasteiger charge is 2.52. The molecule has 3 amide bonds. The summed E-state index contributed by atoms with van der Waals surface area (Å²) in [5.41, 5.74) is 11.9. The molecule has 2 aromatic heterocycles. The molecule has 17 nitrogen and oxygen atoms in total. The molecule has 2 aliphatic rings. The van der Waals surface area contributed by atoms with Gasteiger partial charge in [0.1, 0.15) is 18.0 Å². The molecule has 0 radical (unpaired) electrons. The number of nitrogens with zero attached hydrogens (tertiary/aromatic N) is 8. The lowest BCUT2D eigenvalue weighted by Crippen LogP contribution is -2.50. The van der Waals surface area contributed by atoms with Gasteiger partial charge in [0, 0.05) is 74.2 Å². The zero-order valence-electron chi connectivity index (χ0n) is 42.4. The predicted molar refractivity (Wildman–Crippen MR) is 281 cm³/mol. The van der Waals surface area contributed by atoms with Gasteiger partial charge in [-0.1, -0.05) is 11.3 Å². The fourth-order valence-corrected chi connectivity index (χ4v) is 8.93. The molecular weight excluding hydrogens is 983 g/mol. The Bertz CT molecular complexity index is 3250. The maximum atomic E-state index is 15.8. The molecule has 0 spiro atoms. The highest BCUT2D eigenvalue weighted by molar-refractivity contribution is 6.58. The average molecular weight is 1040 g/mol. The molecule has 5 N–H and O–H groups in total. The van der Waals surface area contributed by atoms with Crippen LogP contribution in [0.2, 0.25) is 0 Å². The number of hydrogen-bond donors (Lipinski definition) is 4. The van der Waals surface area contributed by atoms with Crippen LogP contribution >= 0.6 is 0 Å². The van der Waals surface area contributed by atoms with Gasteiger partial charge in [0.2, 0.25) is 5.91 Å². The second kappa shape index (κ2) is 23.8. The Kier molecular flexibility index (Phi) is 16.8. The third-order valence-corrected chi connectivity index (χ3v) is 12.9. The number of unbranched alkanes of at least 4 members (excludes halogenated alkanes) is 1. The SMILES string of the molecule is Cc1cc(C)n2c1C=C1C=CC(CCC(=O)NCc3cn(-c4cccc(C(=O)N[C@@H](CCCCN)C(=O)COc5c(F)cc(CCNC(=O)c6ccc(N=Nc7ccc(N(C)C)cc7)cc6)cc5F)c4)nn3)=[N+]1[B-]2(F)F. The average Bonchev–Trinajstić information content (AvgIpc) is 4.16. The van der Waals surface area contributed by atoms with Gasteiger partial charge in [0.25, 0.3) is 11.8 Å². The standard InChI is InChI=1S/C54H57BF4N12O5/c1-34-26-35(2)70-49(34)30-45-20-19-43(71(45)55(70,58)59)21-22-51(73)62-31-41-32-69(67-66-41)44-9-7-8-38(29-44)54(75)63-48(10-5-6-24-60)50(72)33-76-52-46(56)27-36(28-47(52)57)23-25-61-53(74)37-11-13-39(14-12-37)64-65-40-15-17-42(18-16-40)68(3)4/h7-9,11-20,26-30,32,48H,5-6,10,21-25,31,33,60H2,1-4H3,(H,61,74)(H,62,73)(H,63,75)/t48-/m0/s1. The van der Waals surface area contributed by atoms with Gasteiger partial charge in [0.05, 0.1) is 35.8 Å². The van der Waals surface area contributed by atoms with E-state index in [4.69, 9.17) is 10.5 Å². The number of carbonyl (C=O) groups excluding carboxylic acids is 4. The number of nitrogens with two attached hydrogens (primary N) is 1. The molecule has 0 saturated carbocycles. The number of rotatable bonds is 23. The Balaban J connectivity index is 0.803. The Hall–Kier alpha value is -8.53. The first kappa shape index (κ1) is 53.8. The summed E-state index contributed by atoms with van der Waals surface area (Å²) in [6.45, 7) is -1.05. The number of azo groups is 1. The third-order valence-electron chi connectivity index (χ3n) is 12.9. The van der Waals surface area contributed by atoms with Crippen molar-refractivity contribution in [2.75, 3.05) is 38.7 Å². The van der Waals surface area contributed by atoms with Gasteiger partial charge in [-0.3, -0.25) is 19.2 Å². The highest BCUT2D eigenvalue weighted by atomic mass is 19.2. The molecule has 1 atom stereocenters. The molecule has 0 unspecified atom stereocenters. The van der Waals surface area contributed by atoms with Gasteiger partial charge in [-0.05, 0) is 148 Å². The number of allylic oxidation sites excluding steroid dienone is 2. The van der Waals surface area contributed by atoms with Gasteiger partial charge >= 0.3 is 6.97 Å². The van der Waals surface area contributed by atoms with Crippen LogP contribution in [0.15, 0.2) is 125 Å². The van der Waals surface area contributed by atoms with Crippen LogP contribution in [-0.2, 0) is 22.6 Å². The Morgan fingerprint density at radius 1 is 0.855 bits per heavy atom. The van der Waals surface area contributed by atoms with Crippen LogP contribution in [0.25, 0.3) is 11.8 Å². The van der Waals surface area contributed by atoms with E-state index in [1.165, 1.54) is 16.8 Å². The monoisotopic (exact) mass is 1040 g/mol. The molecule has 76 heavy (non-hydrogen) atoms. The number of ether oxygens (including phenoxy) is 1. The number of halogens is 4. The quantitative estimate of drug-likeness (QED) is 0.0212. The van der Waals surface area contributed by atoms with Crippen molar-refractivity contribution in [2.24, 2.45) is 16.0 Å². The molecule has 4 aromatic carbocycles. The number of carbonyl (C=O) groups is 4. The summed E-state index contributed by atoms with van der Waals surface area (Å²) < 4.78 is 71.1. The lowest BCUT2D eigenvalue weighted by Gasteiger charge is -2.30. The molecule has 2 aliphatic heterocycles. The van der Waals surface area contributed by atoms with Gasteiger partial charge < -0.3 is 48.9 Å². The zero-order chi connectivity index (χ0) is 54.1. The summed E-state index contributed by atoms with van der Waals surface area (Å²) in [7, 11) is 3.89. The summed E-state index contributed by atoms with van der Waals surface area (Å²) in [4.78, 5) is 54.8. The number of aryl methyl sites for hydroxylation is 2. The summed E-state index contributed by atoms with van der Waals surface area (Å²) in [5.74, 6) is -4.88. The van der Waals surface area contributed by atoms with E-state index < -0.39 is 54.6 Å². The van der Waals surface area contributed by atoms with E-state index in [2.05, 4.69) is 36.5 Å². The smallest absolute Gasteiger partial charge is 0.480 e. The minimum absolute atomic E-state index is 0.00209. The van der Waals surface area contributed by atoms with E-state index in [-0.39, 0.29) is 55.8 Å². The van der Waals surface area contributed by atoms with Crippen molar-refractivity contribution in [2.45, 2.75) is 65.0 Å². The summed E-state index contributed by atoms with van der Waals surface area (Å²) >= 11 is 0. The topological polar surface area (TPSA) is 206 Å². The van der Waals surface area contributed by atoms with Crippen LogP contribution in [0, 0.1) is 25.5 Å². The Labute approximate surface area is 436 Å². The summed E-state index contributed by atoms with van der Waals surface area (Å²) in [6.07, 6.45) is 7.84. The first-order valence-corrected chi connectivity index (χ1v) is 24.7. The fraction of sp³-hybridized carbons (Fsp3) is 0.278. The first-order valence-electron chi connectivity index (χ1n) is 24.7. The van der Waals surface area contributed by atoms with E-state index >= 15 is 17.4 Å². The number of benzene rings is 4. The summed E-state index contributed by atoms with van der Waals surface area (Å²) in [5, 5.41) is 24.9. The van der Waals surface area contributed by atoms with Gasteiger partial charge in [-0.15, -0.1) is 5.10 Å². The second-order valence-corrected chi connectivity index (χ2v) is 18.7. The van der Waals surface area contributed by atoms with Crippen LogP contribution in [0.4, 0.5) is 34.5 Å². The zero-order valence-corrected chi connectivity index (χ0v) is 42.4. The van der Waals surface area contributed by atoms with E-state index in [1.807, 2.05) is 43.3 Å². The largest absolute Gasteiger partial charge is 0.737 e. The van der Waals surface area contributed by atoms with Gasteiger partial charge in [-0.2, -0.15) is 10.2 Å². The molecule has 394 valence electrons. The lowest BCUT2D eigenvalue weighted by atomic mass is 9.90. The number of fused-ring (bicyclic) bond motifs is 2. The predicted octanol–water partition coefficient (Wildman–Crippen LogP) is 7.99. The molecule has 8 rings (SSSR count). The normalized spacial score (nSPS) is 13.8. The number of ketones is 1. The fourth-order valence-electron chi connectivity index (χ4n) is 8.93. The van der Waals surface area contributed by atoms with Gasteiger partial charge in [-0.25, -0.2) is 13.5 Å². The number of Topliss-reactive ketones (excluding diaryl/α,β-unsaturated/α-hetero) is 1. The van der Waals surface area contributed by atoms with Crippen molar-refractivity contribution in [3.8, 4) is 11.4 Å². The van der Waals surface area contributed by atoms with Crippen molar-refractivity contribution in [3.05, 3.63) is 166 Å². The molecule has 22 heteroatoms. The van der Waals surface area contributed by atoms with E-state index in [0.717, 1.165) is 32.3 Å². The van der Waals surface area contributed by atoms with Crippen molar-refractivity contribution in [3.63, 3.8) is 0 Å². The lowest BCUT2D eigenvalue weighted by molar-refractivity contribution is -0.362. The summed E-state index contributed by atoms with van der Waals surface area (Å²) in [6, 6.07) is 23.1. The van der Waals surface area contributed by atoms with E-state index in [1.54, 1.807) is 80.7 Å². The Morgan fingerprint density at radius 2 is 1.57 bits per heavy atom.